The predicted octanol–water partition coefficient (Wildman–Crippen LogP) is -0.105. The van der Waals surface area contributed by atoms with Crippen molar-refractivity contribution >= 4 is 24.4 Å². The van der Waals surface area contributed by atoms with Crippen LogP contribution in [0.25, 0.3) is 0 Å². The molecule has 2 heterocycles. The molecule has 20 heavy (non-hydrogen) atoms. The predicted molar refractivity (Wildman–Crippen MR) is 73.1 cm³/mol. The first-order valence-corrected chi connectivity index (χ1v) is 6.27. The minimum atomic E-state index is -1.71. The molecule has 1 amide bonds. The van der Waals surface area contributed by atoms with Crippen molar-refractivity contribution in [3.8, 4) is 5.75 Å². The molecule has 0 aromatic carbocycles. The quantitative estimate of drug-likeness (QED) is 0.698. The molecule has 0 saturated heterocycles. The number of hydrogen-bond acceptors (Lipinski definition) is 6. The van der Waals surface area contributed by atoms with E-state index in [-0.39, 0.29) is 17.8 Å². The van der Waals surface area contributed by atoms with Crippen molar-refractivity contribution in [3.05, 3.63) is 12.4 Å². The van der Waals surface area contributed by atoms with Gasteiger partial charge in [0.1, 0.15) is 23.6 Å². The molecule has 0 aliphatic carbocycles. The Balaban J connectivity index is 2.34. The van der Waals surface area contributed by atoms with Crippen molar-refractivity contribution in [2.75, 3.05) is 18.1 Å². The number of carbonyl (C=O) groups excluding carboxylic acids is 1. The molecule has 2 rings (SSSR count). The summed E-state index contributed by atoms with van der Waals surface area (Å²) >= 11 is 0. The van der Waals surface area contributed by atoms with Crippen molar-refractivity contribution in [2.24, 2.45) is 0 Å². The first-order chi connectivity index (χ1) is 9.29. The number of aromatic nitrogens is 1. The lowest BCUT2D eigenvalue weighted by Gasteiger charge is -2.32. The topological polar surface area (TPSA) is 92.1 Å². The Morgan fingerprint density at radius 2 is 2.15 bits per heavy atom. The molecule has 108 valence electrons. The molecular formula is C12H17BN2O5. The molecule has 7 nitrogen and oxygen atoms in total. The van der Waals surface area contributed by atoms with E-state index in [0.29, 0.717) is 12.2 Å². The molecule has 1 aliphatic heterocycles. The lowest BCUT2D eigenvalue weighted by molar-refractivity contribution is 0.0567. The van der Waals surface area contributed by atoms with Gasteiger partial charge in [0.05, 0.1) is 12.7 Å². The summed E-state index contributed by atoms with van der Waals surface area (Å²) in [5.41, 5.74) is -0.122. The largest absolute Gasteiger partial charge is 0.493 e. The van der Waals surface area contributed by atoms with Gasteiger partial charge in [-0.2, -0.15) is 0 Å². The Hall–Kier alpha value is -1.80. The summed E-state index contributed by atoms with van der Waals surface area (Å²) < 4.78 is 10.7. The smallest absolute Gasteiger partial charge is 0.490 e. The fourth-order valence-corrected chi connectivity index (χ4v) is 1.85. The van der Waals surface area contributed by atoms with Gasteiger partial charge >= 0.3 is 13.2 Å². The van der Waals surface area contributed by atoms with E-state index in [0.717, 1.165) is 0 Å². The van der Waals surface area contributed by atoms with E-state index in [1.807, 2.05) is 0 Å². The molecule has 0 radical (unpaired) electrons. The number of nitrogens with zero attached hydrogens (tertiary/aromatic N) is 2. The number of carbonyl (C=O) groups is 1. The van der Waals surface area contributed by atoms with Crippen LogP contribution in [-0.4, -0.2) is 47.0 Å². The monoisotopic (exact) mass is 280 g/mol. The standard InChI is InChI=1S/C12H17BN2O5/c1-12(2,3)20-11(16)15-4-5-19-10-8(13(17)18)6-14-7-9(10)15/h6-7,17-18H,4-5H2,1-3H3. The average molecular weight is 280 g/mol. The number of fused-ring (bicyclic) bond motifs is 1. The normalized spacial score (nSPS) is 14.3. The fraction of sp³-hybridized carbons (Fsp3) is 0.500. The van der Waals surface area contributed by atoms with Crippen LogP contribution in [-0.2, 0) is 4.74 Å². The lowest BCUT2D eigenvalue weighted by atomic mass is 9.80. The van der Waals surface area contributed by atoms with Crippen LogP contribution in [0, 0.1) is 0 Å². The van der Waals surface area contributed by atoms with Gasteiger partial charge in [0.15, 0.2) is 0 Å². The van der Waals surface area contributed by atoms with Gasteiger partial charge in [-0.05, 0) is 20.8 Å². The third-order valence-electron chi connectivity index (χ3n) is 2.65. The Labute approximate surface area is 117 Å². The van der Waals surface area contributed by atoms with Crippen molar-refractivity contribution in [2.45, 2.75) is 26.4 Å². The highest BCUT2D eigenvalue weighted by Gasteiger charge is 2.32. The molecule has 2 N–H and O–H groups in total. The highest BCUT2D eigenvalue weighted by Crippen LogP contribution is 2.30. The van der Waals surface area contributed by atoms with E-state index >= 15 is 0 Å². The molecule has 1 aliphatic rings. The van der Waals surface area contributed by atoms with Crippen molar-refractivity contribution < 1.29 is 24.3 Å². The second-order valence-electron chi connectivity index (χ2n) is 5.43. The van der Waals surface area contributed by atoms with Crippen LogP contribution < -0.4 is 15.1 Å². The van der Waals surface area contributed by atoms with E-state index in [1.165, 1.54) is 17.3 Å². The summed E-state index contributed by atoms with van der Waals surface area (Å²) in [5, 5.41) is 18.6. The third-order valence-corrected chi connectivity index (χ3v) is 2.65. The fourth-order valence-electron chi connectivity index (χ4n) is 1.85. The zero-order chi connectivity index (χ0) is 14.9. The van der Waals surface area contributed by atoms with Crippen molar-refractivity contribution in [1.29, 1.82) is 0 Å². The van der Waals surface area contributed by atoms with Crippen LogP contribution in [0.4, 0.5) is 10.5 Å². The van der Waals surface area contributed by atoms with Gasteiger partial charge in [-0.3, -0.25) is 9.88 Å². The van der Waals surface area contributed by atoms with Gasteiger partial charge in [-0.25, -0.2) is 4.79 Å². The molecule has 0 fully saturated rings. The van der Waals surface area contributed by atoms with Crippen LogP contribution >= 0.6 is 0 Å². The highest BCUT2D eigenvalue weighted by atomic mass is 16.6. The SMILES string of the molecule is CC(C)(C)OC(=O)N1CCOc2c(B(O)O)cncc21. The van der Waals surface area contributed by atoms with E-state index in [1.54, 1.807) is 20.8 Å². The molecule has 0 bridgehead atoms. The second kappa shape index (κ2) is 5.30. The van der Waals surface area contributed by atoms with Crippen LogP contribution in [0.5, 0.6) is 5.75 Å². The maximum Gasteiger partial charge on any atom is 0.493 e. The lowest BCUT2D eigenvalue weighted by Crippen LogP contribution is -2.44. The van der Waals surface area contributed by atoms with Gasteiger partial charge in [0, 0.05) is 11.7 Å². The summed E-state index contributed by atoms with van der Waals surface area (Å²) in [6, 6.07) is 0. The Morgan fingerprint density at radius 3 is 2.75 bits per heavy atom. The summed E-state index contributed by atoms with van der Waals surface area (Å²) in [4.78, 5) is 17.4. The molecule has 1 aromatic rings. The maximum atomic E-state index is 12.2. The minimum absolute atomic E-state index is 0.121. The summed E-state index contributed by atoms with van der Waals surface area (Å²) in [7, 11) is -1.71. The zero-order valence-electron chi connectivity index (χ0n) is 11.7. The maximum absolute atomic E-state index is 12.2. The second-order valence-corrected chi connectivity index (χ2v) is 5.43. The van der Waals surface area contributed by atoms with E-state index in [2.05, 4.69) is 4.98 Å². The van der Waals surface area contributed by atoms with Gasteiger partial charge < -0.3 is 19.5 Å². The number of rotatable bonds is 1. The van der Waals surface area contributed by atoms with Crippen LogP contribution in [0.3, 0.4) is 0 Å². The molecule has 0 atom stereocenters. The van der Waals surface area contributed by atoms with Crippen molar-refractivity contribution in [3.63, 3.8) is 0 Å². The number of anilines is 1. The molecule has 8 heteroatoms. The molecule has 0 unspecified atom stereocenters. The van der Waals surface area contributed by atoms with Gasteiger partial charge in [0.2, 0.25) is 0 Å². The Kier molecular flexibility index (Phi) is 3.87. The van der Waals surface area contributed by atoms with E-state index in [4.69, 9.17) is 9.47 Å². The molecule has 0 saturated carbocycles. The molecular weight excluding hydrogens is 263 g/mol. The highest BCUT2D eigenvalue weighted by molar-refractivity contribution is 6.60. The average Bonchev–Trinajstić information content (AvgIpc) is 2.35. The van der Waals surface area contributed by atoms with Crippen LogP contribution in [0.15, 0.2) is 12.4 Å². The summed E-state index contributed by atoms with van der Waals surface area (Å²) in [5.74, 6) is 0.243. The van der Waals surface area contributed by atoms with E-state index in [9.17, 15) is 14.8 Å². The van der Waals surface area contributed by atoms with Crippen molar-refractivity contribution in [1.82, 2.24) is 4.98 Å². The zero-order valence-corrected chi connectivity index (χ0v) is 11.7. The van der Waals surface area contributed by atoms with Crippen LogP contribution in [0.1, 0.15) is 20.8 Å². The third kappa shape index (κ3) is 3.02. The Morgan fingerprint density at radius 1 is 1.45 bits per heavy atom. The summed E-state index contributed by atoms with van der Waals surface area (Å²) in [6.45, 7) is 5.89. The Bertz CT molecular complexity index is 515. The molecule has 1 aromatic heterocycles. The number of hydrogen-bond donors (Lipinski definition) is 2. The van der Waals surface area contributed by atoms with Crippen LogP contribution in [0.2, 0.25) is 0 Å². The van der Waals surface area contributed by atoms with Gasteiger partial charge in [-0.15, -0.1) is 0 Å². The summed E-state index contributed by atoms with van der Waals surface area (Å²) in [6.07, 6.45) is 2.21. The number of pyridine rings is 1. The first-order valence-electron chi connectivity index (χ1n) is 6.27. The number of ether oxygens (including phenoxy) is 2. The van der Waals surface area contributed by atoms with Gasteiger partial charge in [-0.1, -0.05) is 0 Å². The first kappa shape index (κ1) is 14.6. The van der Waals surface area contributed by atoms with E-state index < -0.39 is 18.8 Å². The number of amides is 1. The van der Waals surface area contributed by atoms with Gasteiger partial charge in [0.25, 0.3) is 0 Å². The minimum Gasteiger partial charge on any atom is -0.490 e. The molecule has 0 spiro atoms.